The van der Waals surface area contributed by atoms with Gasteiger partial charge in [-0.2, -0.15) is 0 Å². The summed E-state index contributed by atoms with van der Waals surface area (Å²) in [6, 6.07) is 15.8. The predicted molar refractivity (Wildman–Crippen MR) is 116 cm³/mol. The van der Waals surface area contributed by atoms with E-state index in [1.54, 1.807) is 17.3 Å². The summed E-state index contributed by atoms with van der Waals surface area (Å²) in [6.45, 7) is 3.89. The maximum absolute atomic E-state index is 12.9. The molecule has 1 aliphatic heterocycles. The first-order valence-corrected chi connectivity index (χ1v) is 10.6. The molecule has 1 saturated heterocycles. The van der Waals surface area contributed by atoms with Crippen molar-refractivity contribution in [3.05, 3.63) is 82.5 Å². The lowest BCUT2D eigenvalue weighted by Gasteiger charge is -2.17. The highest BCUT2D eigenvalue weighted by Gasteiger charge is 2.31. The Kier molecular flexibility index (Phi) is 5.71. The van der Waals surface area contributed by atoms with Gasteiger partial charge in [0.1, 0.15) is 0 Å². The van der Waals surface area contributed by atoms with Crippen LogP contribution >= 0.6 is 11.3 Å². The Morgan fingerprint density at radius 1 is 1.10 bits per heavy atom. The fourth-order valence-corrected chi connectivity index (χ4v) is 4.69. The largest absolute Gasteiger partial charge is 0.325 e. The summed E-state index contributed by atoms with van der Waals surface area (Å²) in [4.78, 5) is 34.1. The maximum Gasteiger partial charge on any atom is 0.325 e. The second-order valence-corrected chi connectivity index (χ2v) is 8.25. The third kappa shape index (κ3) is 4.38. The number of Topliss-reactive ketones (excluding diaryl/α,β-unsaturated/α-hetero) is 1. The number of hydrogen-bond donors (Lipinski definition) is 0. The van der Waals surface area contributed by atoms with Gasteiger partial charge in [0.05, 0.1) is 9.88 Å². The van der Waals surface area contributed by atoms with Crippen LogP contribution in [-0.4, -0.2) is 34.8 Å². The van der Waals surface area contributed by atoms with Gasteiger partial charge in [-0.05, 0) is 42.2 Å². The van der Waals surface area contributed by atoms with E-state index in [2.05, 4.69) is 4.98 Å². The van der Waals surface area contributed by atoms with Crippen LogP contribution in [0.1, 0.15) is 32.8 Å². The van der Waals surface area contributed by atoms with E-state index in [-0.39, 0.29) is 11.8 Å². The number of amides is 2. The molecule has 29 heavy (non-hydrogen) atoms. The number of anilines is 1. The van der Waals surface area contributed by atoms with Gasteiger partial charge in [-0.1, -0.05) is 36.4 Å². The quantitative estimate of drug-likeness (QED) is 0.535. The second-order valence-electron chi connectivity index (χ2n) is 7.22. The van der Waals surface area contributed by atoms with Crippen LogP contribution in [0.25, 0.3) is 0 Å². The second kappa shape index (κ2) is 8.57. The van der Waals surface area contributed by atoms with Gasteiger partial charge in [0, 0.05) is 38.4 Å². The van der Waals surface area contributed by atoms with Gasteiger partial charge in [0.2, 0.25) is 0 Å². The molecule has 0 unspecified atom stereocenters. The fraction of sp³-hybridized carbons (Fsp3) is 0.261. The molecule has 5 nitrogen and oxygen atoms in total. The molecule has 0 aliphatic carbocycles. The first kappa shape index (κ1) is 19.3. The molecule has 0 bridgehead atoms. The first-order chi connectivity index (χ1) is 14.1. The molecule has 1 aromatic carbocycles. The summed E-state index contributed by atoms with van der Waals surface area (Å²) in [5.74, 6) is 0.121. The maximum atomic E-state index is 12.9. The number of thiophene rings is 1. The molecule has 3 aromatic rings. The summed E-state index contributed by atoms with van der Waals surface area (Å²) in [7, 11) is 0. The molecule has 0 spiro atoms. The molecule has 1 fully saturated rings. The topological polar surface area (TPSA) is 53.5 Å². The van der Waals surface area contributed by atoms with E-state index in [0.29, 0.717) is 32.5 Å². The Bertz CT molecular complexity index is 1000. The van der Waals surface area contributed by atoms with E-state index >= 15 is 0 Å². The summed E-state index contributed by atoms with van der Waals surface area (Å²) in [6.07, 6.45) is 4.65. The molecular formula is C23H23N3O2S. The van der Waals surface area contributed by atoms with Crippen LogP contribution in [0.5, 0.6) is 0 Å². The number of hydrogen-bond acceptors (Lipinski definition) is 4. The molecule has 2 aromatic heterocycles. The van der Waals surface area contributed by atoms with Crippen molar-refractivity contribution in [3.8, 4) is 0 Å². The number of carbonyl (C=O) groups is 2. The van der Waals surface area contributed by atoms with E-state index in [0.717, 1.165) is 26.6 Å². The average Bonchev–Trinajstić information content (AvgIpc) is 3.30. The zero-order chi connectivity index (χ0) is 20.2. The lowest BCUT2D eigenvalue weighted by molar-refractivity contribution is 0.0986. The Balaban J connectivity index is 1.42. The van der Waals surface area contributed by atoms with Crippen LogP contribution in [0.15, 0.2) is 60.9 Å². The molecule has 3 heterocycles. The lowest BCUT2D eigenvalue weighted by atomic mass is 10.1. The third-order valence-corrected chi connectivity index (χ3v) is 6.40. The van der Waals surface area contributed by atoms with Gasteiger partial charge >= 0.3 is 6.03 Å². The van der Waals surface area contributed by atoms with Crippen LogP contribution in [0.4, 0.5) is 9.80 Å². The third-order valence-electron chi connectivity index (χ3n) is 5.10. The van der Waals surface area contributed by atoms with Gasteiger partial charge in [-0.25, -0.2) is 4.79 Å². The van der Waals surface area contributed by atoms with Gasteiger partial charge in [0.15, 0.2) is 5.78 Å². The van der Waals surface area contributed by atoms with E-state index in [1.165, 1.54) is 11.3 Å². The monoisotopic (exact) mass is 405 g/mol. The number of ketones is 1. The highest BCUT2D eigenvalue weighted by molar-refractivity contribution is 7.18. The number of nitrogens with zero attached hydrogens (tertiary/aromatic N) is 3. The number of aryl methyl sites for hydroxylation is 2. The van der Waals surface area contributed by atoms with Gasteiger partial charge in [-0.15, -0.1) is 11.3 Å². The summed E-state index contributed by atoms with van der Waals surface area (Å²) in [5, 5.41) is 0.854. The lowest BCUT2D eigenvalue weighted by Crippen LogP contribution is -2.30. The molecule has 0 N–H and O–H groups in total. The minimum Gasteiger partial charge on any atom is -0.318 e. The number of urea groups is 1. The molecule has 6 heteroatoms. The standard InChI is InChI=1S/C23H23N3O2S/c1-17-14-21(29-22(17)20(27)10-9-18-8-5-11-24-15-18)26-13-12-25(23(26)28)16-19-6-3-2-4-7-19/h2-8,11,14-15H,9-10,12-13,16H2,1H3. The highest BCUT2D eigenvalue weighted by atomic mass is 32.1. The van der Waals surface area contributed by atoms with Crippen LogP contribution in [0.3, 0.4) is 0 Å². The highest BCUT2D eigenvalue weighted by Crippen LogP contribution is 2.33. The van der Waals surface area contributed by atoms with Crippen molar-refractivity contribution in [2.24, 2.45) is 0 Å². The fourth-order valence-electron chi connectivity index (χ4n) is 3.53. The Morgan fingerprint density at radius 3 is 2.66 bits per heavy atom. The summed E-state index contributed by atoms with van der Waals surface area (Å²) < 4.78 is 0. The number of benzene rings is 1. The summed E-state index contributed by atoms with van der Waals surface area (Å²) in [5.41, 5.74) is 3.12. The Hall–Kier alpha value is -2.99. The number of aromatic nitrogens is 1. The molecular weight excluding hydrogens is 382 g/mol. The van der Waals surface area contributed by atoms with E-state index in [9.17, 15) is 9.59 Å². The molecule has 0 saturated carbocycles. The molecule has 1 aliphatic rings. The number of rotatable bonds is 7. The predicted octanol–water partition coefficient (Wildman–Crippen LogP) is 4.71. The van der Waals surface area contributed by atoms with E-state index in [4.69, 9.17) is 0 Å². The van der Waals surface area contributed by atoms with Gasteiger partial charge in [-0.3, -0.25) is 14.7 Å². The van der Waals surface area contributed by atoms with Crippen molar-refractivity contribution in [3.63, 3.8) is 0 Å². The van der Waals surface area contributed by atoms with Crippen molar-refractivity contribution in [2.75, 3.05) is 18.0 Å². The van der Waals surface area contributed by atoms with Crippen molar-refractivity contribution in [2.45, 2.75) is 26.3 Å². The van der Waals surface area contributed by atoms with Crippen LogP contribution < -0.4 is 4.90 Å². The molecule has 0 atom stereocenters. The Morgan fingerprint density at radius 2 is 1.90 bits per heavy atom. The van der Waals surface area contributed by atoms with Crippen molar-refractivity contribution in [1.29, 1.82) is 0 Å². The van der Waals surface area contributed by atoms with Crippen LogP contribution in [0, 0.1) is 6.92 Å². The Labute approximate surface area is 174 Å². The first-order valence-electron chi connectivity index (χ1n) is 9.75. The zero-order valence-corrected chi connectivity index (χ0v) is 17.2. The molecule has 2 amide bonds. The van der Waals surface area contributed by atoms with Gasteiger partial charge < -0.3 is 4.90 Å². The number of carbonyl (C=O) groups excluding carboxylic acids is 2. The SMILES string of the molecule is Cc1cc(N2CCN(Cc3ccccc3)C2=O)sc1C(=O)CCc1cccnc1. The molecule has 0 radical (unpaired) electrons. The minimum atomic E-state index is 0.00413. The van der Waals surface area contributed by atoms with Crippen molar-refractivity contribution in [1.82, 2.24) is 9.88 Å². The van der Waals surface area contributed by atoms with Gasteiger partial charge in [0.25, 0.3) is 0 Å². The average molecular weight is 406 g/mol. The summed E-state index contributed by atoms with van der Waals surface area (Å²) >= 11 is 1.43. The zero-order valence-electron chi connectivity index (χ0n) is 16.4. The normalized spacial score (nSPS) is 13.9. The number of pyridine rings is 1. The minimum absolute atomic E-state index is 0.00413. The molecule has 148 valence electrons. The van der Waals surface area contributed by atoms with Crippen LogP contribution in [0.2, 0.25) is 0 Å². The van der Waals surface area contributed by atoms with Crippen LogP contribution in [-0.2, 0) is 13.0 Å². The van der Waals surface area contributed by atoms with E-state index in [1.807, 2.05) is 60.4 Å². The van der Waals surface area contributed by atoms with Crippen molar-refractivity contribution >= 4 is 28.2 Å². The molecule has 4 rings (SSSR count). The smallest absolute Gasteiger partial charge is 0.318 e. The van der Waals surface area contributed by atoms with Crippen molar-refractivity contribution < 1.29 is 9.59 Å². The van der Waals surface area contributed by atoms with E-state index < -0.39 is 0 Å².